The number of aliphatic carboxylic acids is 2. The molecular weight excluding hydrogens is 1460 g/mol. The number of para-hydroxylation sites is 2. The van der Waals surface area contributed by atoms with E-state index in [1.807, 2.05) is 0 Å². The van der Waals surface area contributed by atoms with E-state index >= 15 is 0 Å². The van der Waals surface area contributed by atoms with Gasteiger partial charge < -0.3 is 106 Å². The lowest BCUT2D eigenvalue weighted by molar-refractivity contribution is -0.141. The molecule has 36 nitrogen and oxygen atoms in total. The summed E-state index contributed by atoms with van der Waals surface area (Å²) in [6, 6.07) is 5.68. The monoisotopic (exact) mass is 1550 g/mol. The first-order chi connectivity index (χ1) is 51.5. The SMILES string of the molecule is CC(C)C[C@H](NC(=O)[C@H](Cc1c[nH]c2ccccc12)NC(=O)[C@H](Cc1c[nH]cn1)NC(=O)[C@@H](N)CS)C(=O)N[C@@H](CCC(=O)O)C(=O)N[C@@H](CC(N)=O)C(=O)N[C@@H](CS)C(=O)N[C@@H](Cc1c[nH]c2ccccc12)C(=O)N[C@@H](CCCNC(=N)N)C(=O)NCC(=O)N[C@@H](Cc1ccccc1)C(=O)N[C@@H](CS)C(=O)O. The molecule has 0 saturated heterocycles. The highest BCUT2D eigenvalue weighted by atomic mass is 32.1. The van der Waals surface area contributed by atoms with Crippen molar-refractivity contribution in [3.8, 4) is 0 Å². The number of aromatic nitrogens is 4. The number of amides is 12. The summed E-state index contributed by atoms with van der Waals surface area (Å²) in [5, 5.41) is 58.6. The molecular formula is C69H92N20O16S3. The van der Waals surface area contributed by atoms with E-state index in [1.165, 1.54) is 12.5 Å². The number of hydrogen-bond acceptors (Lipinski definition) is 20. The number of aromatic amines is 3. The van der Waals surface area contributed by atoms with E-state index in [4.69, 9.17) is 22.6 Å². The first-order valence-electron chi connectivity index (χ1n) is 34.3. The maximum absolute atomic E-state index is 14.8. The summed E-state index contributed by atoms with van der Waals surface area (Å²) in [6.45, 7) is 2.67. The molecule has 0 radical (unpaired) electrons. The summed E-state index contributed by atoms with van der Waals surface area (Å²) in [5.41, 5.74) is 20.4. The van der Waals surface area contributed by atoms with E-state index in [9.17, 15) is 77.3 Å². The molecule has 582 valence electrons. The van der Waals surface area contributed by atoms with Gasteiger partial charge in [-0.1, -0.05) is 80.6 Å². The fourth-order valence-corrected chi connectivity index (χ4v) is 11.9. The lowest BCUT2D eigenvalue weighted by Crippen LogP contribution is -2.61. The summed E-state index contributed by atoms with van der Waals surface area (Å²) >= 11 is 12.4. The Hall–Kier alpha value is -11.2. The fourth-order valence-electron chi connectivity index (χ4n) is 11.2. The average molecular weight is 1550 g/mol. The molecule has 0 fully saturated rings. The molecule has 0 saturated carbocycles. The van der Waals surface area contributed by atoms with Crippen LogP contribution in [0.2, 0.25) is 0 Å². The molecule has 0 aliphatic heterocycles. The number of nitrogens with zero attached hydrogens (tertiary/aromatic N) is 1. The molecule has 24 N–H and O–H groups in total. The van der Waals surface area contributed by atoms with Crippen LogP contribution >= 0.6 is 37.9 Å². The van der Waals surface area contributed by atoms with Crippen molar-refractivity contribution >= 4 is 148 Å². The van der Waals surface area contributed by atoms with Crippen molar-refractivity contribution in [1.82, 2.24) is 83.7 Å². The minimum atomic E-state index is -1.96. The van der Waals surface area contributed by atoms with E-state index < -0.39 is 187 Å². The molecule has 3 aromatic carbocycles. The van der Waals surface area contributed by atoms with Crippen LogP contribution in [0, 0.1) is 11.3 Å². The van der Waals surface area contributed by atoms with Gasteiger partial charge in [0.25, 0.3) is 0 Å². The van der Waals surface area contributed by atoms with Crippen LogP contribution in [0.1, 0.15) is 74.8 Å². The number of benzene rings is 3. The third-order valence-corrected chi connectivity index (χ3v) is 18.0. The number of rotatable bonds is 45. The Morgan fingerprint density at radius 3 is 1.45 bits per heavy atom. The fraction of sp³-hybridized carbons (Fsp3) is 0.420. The predicted octanol–water partition coefficient (Wildman–Crippen LogP) is -3.14. The largest absolute Gasteiger partial charge is 0.481 e. The van der Waals surface area contributed by atoms with Crippen LogP contribution in [0.5, 0.6) is 0 Å². The second-order valence-corrected chi connectivity index (χ2v) is 26.8. The third-order valence-electron chi connectivity index (χ3n) is 16.8. The quantitative estimate of drug-likeness (QED) is 0.00777. The maximum Gasteiger partial charge on any atom is 0.327 e. The zero-order valence-corrected chi connectivity index (χ0v) is 61.7. The van der Waals surface area contributed by atoms with Crippen molar-refractivity contribution in [3.63, 3.8) is 0 Å². The van der Waals surface area contributed by atoms with Gasteiger partial charge >= 0.3 is 11.9 Å². The number of fused-ring (bicyclic) bond motifs is 2. The van der Waals surface area contributed by atoms with Crippen LogP contribution < -0.4 is 81.0 Å². The molecule has 6 rings (SSSR count). The van der Waals surface area contributed by atoms with Crippen molar-refractivity contribution < 1.29 is 77.3 Å². The predicted molar refractivity (Wildman–Crippen MR) is 405 cm³/mol. The first kappa shape index (κ1) is 85.7. The molecule has 11 atom stereocenters. The highest BCUT2D eigenvalue weighted by Gasteiger charge is 2.37. The Kier molecular flexibility index (Phi) is 34.0. The number of hydrogen-bond donors (Lipinski definition) is 24. The van der Waals surface area contributed by atoms with Crippen molar-refractivity contribution in [1.29, 1.82) is 5.41 Å². The Morgan fingerprint density at radius 2 is 0.944 bits per heavy atom. The average Bonchev–Trinajstić information content (AvgIpc) is 1.64. The minimum absolute atomic E-state index is 0.0228. The summed E-state index contributed by atoms with van der Waals surface area (Å²) in [4.78, 5) is 206. The van der Waals surface area contributed by atoms with E-state index in [0.717, 1.165) is 0 Å². The maximum atomic E-state index is 14.8. The molecule has 39 heteroatoms. The van der Waals surface area contributed by atoms with Gasteiger partial charge in [-0.3, -0.25) is 67.7 Å². The molecule has 0 bridgehead atoms. The summed E-state index contributed by atoms with van der Waals surface area (Å²) < 4.78 is 0. The van der Waals surface area contributed by atoms with Crippen LogP contribution in [-0.4, -0.2) is 216 Å². The molecule has 3 aromatic heterocycles. The Morgan fingerprint density at radius 1 is 0.491 bits per heavy atom. The van der Waals surface area contributed by atoms with Crippen LogP contribution in [0.3, 0.4) is 0 Å². The molecule has 108 heavy (non-hydrogen) atoms. The van der Waals surface area contributed by atoms with E-state index in [-0.39, 0.29) is 68.9 Å². The number of nitrogens with two attached hydrogens (primary N) is 3. The highest BCUT2D eigenvalue weighted by Crippen LogP contribution is 2.22. The van der Waals surface area contributed by atoms with E-state index in [1.54, 1.807) is 105 Å². The number of primary amides is 1. The summed E-state index contributed by atoms with van der Waals surface area (Å²) in [5.74, 6) is -16.4. The Labute approximate surface area is 635 Å². The molecule has 0 aliphatic carbocycles. The first-order valence-corrected chi connectivity index (χ1v) is 36.2. The standard InChI is InChI=1S/C69H92N20O16S3/c1-35(2)21-47(84-64(100)50(24-38-28-77-44-16-9-7-14-41(38)44)85-65(101)51(25-39-29-74-34-79-39)83-58(94)42(70)31-106)61(97)82-46(18-19-57(92)93)60(96)87-52(26-55(71)90)66(102)88-53(32-107)67(103)86-49(23-37-27-76-43-15-8-6-13-40(37)43)63(99)81-45(17-10-20-75-69(72)73)59(95)78-30-56(91)80-48(22-36-11-4-3-5-12-36)62(98)89-54(33-108)68(104)105/h3-9,11-16,27-29,34-35,42,45-54,76-77,106-108H,10,17-26,30-33,70H2,1-2H3,(H2,71,90)(H,74,79)(H,78,95)(H,80,91)(H,81,99)(H,82,97)(H,83,94)(H,84,100)(H,85,101)(H,86,103)(H,87,96)(H,88,102)(H,89,98)(H,92,93)(H,104,105)(H4,72,73,75)/t42-,45-,46-,47-,48-,49-,50-,51-,52-,53-,54-/m0/s1. The Bertz CT molecular complexity index is 4140. The summed E-state index contributed by atoms with van der Waals surface area (Å²) in [6.07, 6.45) is 2.77. The van der Waals surface area contributed by atoms with E-state index in [2.05, 4.69) is 122 Å². The number of carbonyl (C=O) groups excluding carboxylic acids is 12. The summed E-state index contributed by atoms with van der Waals surface area (Å²) in [7, 11) is 0. The van der Waals surface area contributed by atoms with Gasteiger partial charge in [-0.2, -0.15) is 37.9 Å². The van der Waals surface area contributed by atoms with Gasteiger partial charge in [0.1, 0.15) is 60.4 Å². The lowest BCUT2D eigenvalue weighted by atomic mass is 9.99. The molecule has 6 aromatic rings. The minimum Gasteiger partial charge on any atom is -0.481 e. The number of nitrogens with one attached hydrogen (secondary N) is 16. The van der Waals surface area contributed by atoms with E-state index in [0.29, 0.717) is 44.2 Å². The Balaban J connectivity index is 1.21. The van der Waals surface area contributed by atoms with Crippen LogP contribution in [0.4, 0.5) is 0 Å². The van der Waals surface area contributed by atoms with Crippen molar-refractivity contribution in [3.05, 3.63) is 126 Å². The molecule has 0 spiro atoms. The normalized spacial score (nSPS) is 14.2. The zero-order chi connectivity index (χ0) is 79.1. The van der Waals surface area contributed by atoms with Crippen LogP contribution in [0.15, 0.2) is 104 Å². The number of thiol groups is 3. The van der Waals surface area contributed by atoms with Crippen molar-refractivity contribution in [2.24, 2.45) is 23.1 Å². The highest BCUT2D eigenvalue weighted by molar-refractivity contribution is 7.80. The number of carbonyl (C=O) groups is 14. The molecule has 0 aliphatic rings. The van der Waals surface area contributed by atoms with Gasteiger partial charge in [0.15, 0.2) is 5.96 Å². The number of H-pyrrole nitrogens is 3. The van der Waals surface area contributed by atoms with Gasteiger partial charge in [0.05, 0.1) is 31.0 Å². The van der Waals surface area contributed by atoms with Gasteiger partial charge in [-0.05, 0) is 60.4 Å². The smallest absolute Gasteiger partial charge is 0.327 e. The zero-order valence-electron chi connectivity index (χ0n) is 59.0. The van der Waals surface area contributed by atoms with Gasteiger partial charge in [0, 0.05) is 96.3 Å². The molecule has 3 heterocycles. The van der Waals surface area contributed by atoms with Gasteiger partial charge in [0.2, 0.25) is 70.9 Å². The van der Waals surface area contributed by atoms with Crippen LogP contribution in [-0.2, 0) is 92.8 Å². The van der Waals surface area contributed by atoms with Crippen molar-refractivity contribution in [2.45, 2.75) is 145 Å². The second kappa shape index (κ2) is 42.8. The lowest BCUT2D eigenvalue weighted by Gasteiger charge is -2.28. The number of carboxylic acids is 2. The van der Waals surface area contributed by atoms with Gasteiger partial charge in [-0.15, -0.1) is 0 Å². The number of guanidine groups is 1. The van der Waals surface area contributed by atoms with Crippen molar-refractivity contribution in [2.75, 3.05) is 30.3 Å². The molecule has 12 amide bonds. The topological polar surface area (TPSA) is 586 Å². The molecule has 0 unspecified atom stereocenters. The second-order valence-electron chi connectivity index (χ2n) is 25.7. The third kappa shape index (κ3) is 27.3. The van der Waals surface area contributed by atoms with Gasteiger partial charge in [-0.25, -0.2) is 9.78 Å². The van der Waals surface area contributed by atoms with Crippen LogP contribution in [0.25, 0.3) is 21.8 Å². The number of carboxylic acid groups (broad SMARTS) is 2. The number of imidazole rings is 1.